The van der Waals surface area contributed by atoms with Crippen molar-refractivity contribution in [3.05, 3.63) is 71.1 Å². The number of alkyl halides is 3. The van der Waals surface area contributed by atoms with Gasteiger partial charge in [0.2, 0.25) is 12.0 Å². The Labute approximate surface area is 169 Å². The van der Waals surface area contributed by atoms with Crippen LogP contribution in [0, 0.1) is 11.6 Å². The van der Waals surface area contributed by atoms with Crippen molar-refractivity contribution in [1.29, 1.82) is 0 Å². The van der Waals surface area contributed by atoms with E-state index in [1.165, 1.54) is 0 Å². The largest absolute Gasteiger partial charge is 0.478 e. The minimum absolute atomic E-state index is 0.104. The summed E-state index contributed by atoms with van der Waals surface area (Å²) in [7, 11) is 0. The lowest BCUT2D eigenvalue weighted by atomic mass is 10.1. The summed E-state index contributed by atoms with van der Waals surface area (Å²) in [5, 5.41) is 9.40. The molecular weight excluding hydrogens is 431 g/mol. The van der Waals surface area contributed by atoms with Gasteiger partial charge in [-0.2, -0.15) is 13.2 Å². The number of nitrogens with zero attached hydrogens (tertiary/aromatic N) is 1. The van der Waals surface area contributed by atoms with Crippen LogP contribution in [0.5, 0.6) is 5.75 Å². The molecule has 1 amide bonds. The molecule has 3 rings (SSSR count). The number of aromatic nitrogens is 1. The van der Waals surface area contributed by atoms with E-state index in [1.54, 1.807) is 0 Å². The zero-order valence-electron chi connectivity index (χ0n) is 15.1. The number of rotatable bonds is 6. The predicted octanol–water partition coefficient (Wildman–Crippen LogP) is 3.94. The number of benzene rings is 2. The first-order valence-electron chi connectivity index (χ1n) is 8.29. The second-order valence-electron chi connectivity index (χ2n) is 6.09. The third-order valence-electron chi connectivity index (χ3n) is 4.02. The van der Waals surface area contributed by atoms with Crippen molar-refractivity contribution in [3.63, 3.8) is 0 Å². The van der Waals surface area contributed by atoms with E-state index in [1.807, 2.05) is 0 Å². The second-order valence-corrected chi connectivity index (χ2v) is 6.09. The zero-order valence-corrected chi connectivity index (χ0v) is 15.1. The first kappa shape index (κ1) is 21.7. The number of nitrogens with two attached hydrogens (primary N) is 1. The Bertz CT molecular complexity index is 1140. The Balaban J connectivity index is 1.91. The van der Waals surface area contributed by atoms with Crippen molar-refractivity contribution in [2.45, 2.75) is 12.3 Å². The SMILES string of the molecule is NC(=O)c1c(F)ccc(OC(C(=O)O)c2coc(-c3ccc(C(F)(F)F)cc3)n2)c1F. The number of primary amides is 1. The second kappa shape index (κ2) is 8.05. The van der Waals surface area contributed by atoms with Gasteiger partial charge in [0.05, 0.1) is 5.56 Å². The monoisotopic (exact) mass is 442 g/mol. The van der Waals surface area contributed by atoms with Gasteiger partial charge in [-0.05, 0) is 36.4 Å². The van der Waals surface area contributed by atoms with Gasteiger partial charge in [-0.15, -0.1) is 0 Å². The first-order valence-corrected chi connectivity index (χ1v) is 8.29. The molecule has 0 aliphatic carbocycles. The van der Waals surface area contributed by atoms with Crippen molar-refractivity contribution in [2.75, 3.05) is 0 Å². The number of hydrogen-bond donors (Lipinski definition) is 2. The lowest BCUT2D eigenvalue weighted by Gasteiger charge is -2.14. The zero-order chi connectivity index (χ0) is 22.9. The summed E-state index contributed by atoms with van der Waals surface area (Å²) in [6, 6.07) is 5.10. The molecule has 2 aromatic carbocycles. The van der Waals surface area contributed by atoms with Crippen molar-refractivity contribution >= 4 is 11.9 Å². The highest BCUT2D eigenvalue weighted by Gasteiger charge is 2.31. The Morgan fingerprint density at radius 3 is 2.29 bits per heavy atom. The van der Waals surface area contributed by atoms with E-state index in [9.17, 15) is 36.6 Å². The molecule has 3 N–H and O–H groups in total. The minimum Gasteiger partial charge on any atom is -0.478 e. The van der Waals surface area contributed by atoms with E-state index in [2.05, 4.69) is 4.98 Å². The normalized spacial score (nSPS) is 12.4. The maximum atomic E-state index is 14.3. The first-order chi connectivity index (χ1) is 14.5. The van der Waals surface area contributed by atoms with Gasteiger partial charge in [0.1, 0.15) is 23.3 Å². The molecule has 31 heavy (non-hydrogen) atoms. The number of oxazole rings is 1. The number of carbonyl (C=O) groups excluding carboxylic acids is 1. The van der Waals surface area contributed by atoms with Gasteiger partial charge in [-0.1, -0.05) is 0 Å². The highest BCUT2D eigenvalue weighted by Crippen LogP contribution is 2.32. The van der Waals surface area contributed by atoms with Crippen LogP contribution in [0.15, 0.2) is 47.1 Å². The third-order valence-corrected chi connectivity index (χ3v) is 4.02. The third kappa shape index (κ3) is 4.47. The fraction of sp³-hybridized carbons (Fsp3) is 0.105. The van der Waals surface area contributed by atoms with Crippen LogP contribution in [0.4, 0.5) is 22.0 Å². The van der Waals surface area contributed by atoms with Gasteiger partial charge in [0, 0.05) is 5.56 Å². The number of carboxylic acids is 1. The molecule has 0 bridgehead atoms. The van der Waals surface area contributed by atoms with E-state index in [0.717, 1.165) is 36.6 Å². The highest BCUT2D eigenvalue weighted by molar-refractivity contribution is 5.93. The fourth-order valence-corrected chi connectivity index (χ4v) is 2.56. The molecule has 0 spiro atoms. The van der Waals surface area contributed by atoms with E-state index >= 15 is 0 Å². The van der Waals surface area contributed by atoms with E-state index in [0.29, 0.717) is 6.07 Å². The molecule has 1 heterocycles. The van der Waals surface area contributed by atoms with Crippen molar-refractivity contribution in [1.82, 2.24) is 4.98 Å². The molecular formula is C19H11F5N2O5. The van der Waals surface area contributed by atoms with Gasteiger partial charge >= 0.3 is 12.1 Å². The molecule has 162 valence electrons. The van der Waals surface area contributed by atoms with Crippen LogP contribution in [0.1, 0.15) is 27.7 Å². The van der Waals surface area contributed by atoms with Crippen LogP contribution in [0.2, 0.25) is 0 Å². The van der Waals surface area contributed by atoms with Gasteiger partial charge in [0.15, 0.2) is 11.6 Å². The molecule has 7 nitrogen and oxygen atoms in total. The van der Waals surface area contributed by atoms with Crippen molar-refractivity contribution < 1.29 is 45.8 Å². The Kier molecular flexibility index (Phi) is 5.64. The Hall–Kier alpha value is -3.96. The maximum absolute atomic E-state index is 14.3. The lowest BCUT2D eigenvalue weighted by Crippen LogP contribution is -2.21. The molecule has 1 atom stereocenters. The van der Waals surface area contributed by atoms with Crippen LogP contribution in [-0.4, -0.2) is 22.0 Å². The summed E-state index contributed by atoms with van der Waals surface area (Å²) >= 11 is 0. The topological polar surface area (TPSA) is 116 Å². The Morgan fingerprint density at radius 1 is 1.10 bits per heavy atom. The predicted molar refractivity (Wildman–Crippen MR) is 92.8 cm³/mol. The number of aliphatic carboxylic acids is 1. The maximum Gasteiger partial charge on any atom is 0.416 e. The molecule has 0 saturated heterocycles. The van der Waals surface area contributed by atoms with Crippen LogP contribution in [-0.2, 0) is 11.0 Å². The van der Waals surface area contributed by atoms with E-state index < -0.39 is 52.7 Å². The summed E-state index contributed by atoms with van der Waals surface area (Å²) in [5.41, 5.74) is 2.61. The molecule has 1 unspecified atom stereocenters. The number of hydrogen-bond acceptors (Lipinski definition) is 5. The fourth-order valence-electron chi connectivity index (χ4n) is 2.56. The summed E-state index contributed by atoms with van der Waals surface area (Å²) in [5.74, 6) is -6.87. The van der Waals surface area contributed by atoms with Gasteiger partial charge in [-0.3, -0.25) is 4.79 Å². The molecule has 0 saturated carbocycles. The van der Waals surface area contributed by atoms with Crippen LogP contribution < -0.4 is 10.5 Å². The molecule has 0 radical (unpaired) electrons. The number of carbonyl (C=O) groups is 2. The average molecular weight is 442 g/mol. The lowest BCUT2D eigenvalue weighted by molar-refractivity contribution is -0.145. The molecule has 12 heteroatoms. The van der Waals surface area contributed by atoms with Crippen LogP contribution in [0.25, 0.3) is 11.5 Å². The van der Waals surface area contributed by atoms with Gasteiger partial charge in [0.25, 0.3) is 5.91 Å². The standard InChI is InChI=1S/C19H11F5N2O5/c20-10-5-6-12(14(21)13(10)16(25)27)31-15(18(28)29)11-7-30-17(26-11)8-1-3-9(4-2-8)19(22,23)24/h1-7,15H,(H2,25,27)(H,28,29). The smallest absolute Gasteiger partial charge is 0.416 e. The number of amides is 1. The number of carboxylic acid groups (broad SMARTS) is 1. The molecule has 0 aliphatic heterocycles. The molecule has 1 aromatic heterocycles. The quantitative estimate of drug-likeness (QED) is 0.559. The molecule has 3 aromatic rings. The average Bonchev–Trinajstić information content (AvgIpc) is 3.16. The van der Waals surface area contributed by atoms with Gasteiger partial charge < -0.3 is 20.0 Å². The van der Waals surface area contributed by atoms with Gasteiger partial charge in [-0.25, -0.2) is 18.6 Å². The van der Waals surface area contributed by atoms with Crippen molar-refractivity contribution in [2.24, 2.45) is 5.73 Å². The van der Waals surface area contributed by atoms with Crippen LogP contribution >= 0.6 is 0 Å². The summed E-state index contributed by atoms with van der Waals surface area (Å²) in [6.45, 7) is 0. The molecule has 0 fully saturated rings. The van der Waals surface area contributed by atoms with Crippen molar-refractivity contribution in [3.8, 4) is 17.2 Å². The van der Waals surface area contributed by atoms with E-state index in [4.69, 9.17) is 14.9 Å². The van der Waals surface area contributed by atoms with Crippen LogP contribution in [0.3, 0.4) is 0 Å². The summed E-state index contributed by atoms with van der Waals surface area (Å²) in [4.78, 5) is 26.6. The molecule has 0 aliphatic rings. The summed E-state index contributed by atoms with van der Waals surface area (Å²) < 4.78 is 76.0. The number of halogens is 5. The Morgan fingerprint density at radius 2 is 1.74 bits per heavy atom. The van der Waals surface area contributed by atoms with E-state index in [-0.39, 0.29) is 17.1 Å². The highest BCUT2D eigenvalue weighted by atomic mass is 19.4. The number of ether oxygens (including phenoxy) is 1. The minimum atomic E-state index is -4.55. The summed E-state index contributed by atoms with van der Waals surface area (Å²) in [6.07, 6.45) is -5.65.